The summed E-state index contributed by atoms with van der Waals surface area (Å²) in [4.78, 5) is 18.1. The van der Waals surface area contributed by atoms with E-state index in [4.69, 9.17) is 10.7 Å². The molecule has 0 saturated carbocycles. The number of carbonyl (C=O) groups is 1. The molecule has 0 bridgehead atoms. The molecule has 9 heteroatoms. The van der Waals surface area contributed by atoms with Gasteiger partial charge in [-0.1, -0.05) is 0 Å². The Kier molecular flexibility index (Phi) is 8.93. The summed E-state index contributed by atoms with van der Waals surface area (Å²) in [6.07, 6.45) is 3.13. The van der Waals surface area contributed by atoms with Crippen LogP contribution in [0.5, 0.6) is 0 Å². The van der Waals surface area contributed by atoms with Gasteiger partial charge < -0.3 is 16.0 Å². The third kappa shape index (κ3) is 7.67. The highest BCUT2D eigenvalue weighted by Crippen LogP contribution is 2.21. The first-order valence-corrected chi connectivity index (χ1v) is 10.6. The van der Waals surface area contributed by atoms with Crippen LogP contribution in [0.4, 0.5) is 0 Å². The maximum Gasteiger partial charge on any atom is 0.217 e. The Morgan fingerprint density at radius 2 is 2.04 bits per heavy atom. The van der Waals surface area contributed by atoms with Crippen molar-refractivity contribution in [2.75, 3.05) is 31.1 Å². The number of nitrogens with one attached hydrogen (secondary N) is 1. The number of piperidine rings is 1. The summed E-state index contributed by atoms with van der Waals surface area (Å²) in [5, 5.41) is 3.38. The van der Waals surface area contributed by atoms with Gasteiger partial charge in [-0.3, -0.25) is 9.79 Å². The van der Waals surface area contributed by atoms with Crippen molar-refractivity contribution in [3.05, 3.63) is 0 Å². The fraction of sp³-hybridized carbons (Fsp3) is 0.875. The number of sulfone groups is 1. The van der Waals surface area contributed by atoms with Crippen LogP contribution in [0.25, 0.3) is 0 Å². The van der Waals surface area contributed by atoms with E-state index in [0.717, 1.165) is 31.9 Å². The Hall–Kier alpha value is -0.580. The van der Waals surface area contributed by atoms with Crippen molar-refractivity contribution >= 4 is 45.7 Å². The van der Waals surface area contributed by atoms with Crippen LogP contribution in [0.2, 0.25) is 0 Å². The van der Waals surface area contributed by atoms with E-state index in [0.29, 0.717) is 19.4 Å². The second kappa shape index (κ2) is 9.94. The number of nitrogens with two attached hydrogens (primary N) is 1. The van der Waals surface area contributed by atoms with Gasteiger partial charge in [-0.05, 0) is 44.9 Å². The van der Waals surface area contributed by atoms with Crippen LogP contribution in [-0.4, -0.2) is 62.4 Å². The molecule has 2 heterocycles. The topological polar surface area (TPSA) is 105 Å². The van der Waals surface area contributed by atoms with Gasteiger partial charge >= 0.3 is 0 Å². The molecule has 0 radical (unpaired) electrons. The third-order valence-electron chi connectivity index (χ3n) is 4.55. The summed E-state index contributed by atoms with van der Waals surface area (Å²) < 4.78 is 23.2. The van der Waals surface area contributed by atoms with Crippen LogP contribution in [0.15, 0.2) is 4.99 Å². The zero-order valence-electron chi connectivity index (χ0n) is 15.1. The van der Waals surface area contributed by atoms with Gasteiger partial charge in [-0.2, -0.15) is 0 Å². The Morgan fingerprint density at radius 3 is 2.60 bits per heavy atom. The minimum Gasteiger partial charge on any atom is -0.370 e. The predicted molar refractivity (Wildman–Crippen MR) is 111 cm³/mol. The van der Waals surface area contributed by atoms with E-state index in [9.17, 15) is 13.2 Å². The normalized spacial score (nSPS) is 26.4. The number of carbonyl (C=O) groups excluding carboxylic acids is 1. The molecule has 2 atom stereocenters. The molecule has 2 fully saturated rings. The number of rotatable bonds is 5. The Bertz CT molecular complexity index is 580. The molecule has 2 saturated heterocycles. The first-order valence-electron chi connectivity index (χ1n) is 8.80. The Labute approximate surface area is 168 Å². The Balaban J connectivity index is 0.00000312. The van der Waals surface area contributed by atoms with E-state index in [1.807, 2.05) is 0 Å². The van der Waals surface area contributed by atoms with Gasteiger partial charge in [-0.25, -0.2) is 8.42 Å². The summed E-state index contributed by atoms with van der Waals surface area (Å²) in [5.74, 6) is 1.48. The smallest absolute Gasteiger partial charge is 0.217 e. The van der Waals surface area contributed by atoms with Crippen LogP contribution in [0.1, 0.15) is 39.5 Å². The lowest BCUT2D eigenvalue weighted by Gasteiger charge is -2.35. The number of guanidine groups is 1. The summed E-state index contributed by atoms with van der Waals surface area (Å²) in [5.41, 5.74) is 5.33. The second-order valence-electron chi connectivity index (χ2n) is 7.36. The molecule has 0 aromatic carbocycles. The molecule has 7 nitrogen and oxygen atoms in total. The summed E-state index contributed by atoms with van der Waals surface area (Å²) in [6, 6.07) is 0.243. The molecule has 0 spiro atoms. The quantitative estimate of drug-likeness (QED) is 0.343. The van der Waals surface area contributed by atoms with Crippen molar-refractivity contribution in [3.8, 4) is 0 Å². The lowest BCUT2D eigenvalue weighted by molar-refractivity contribution is -0.119. The van der Waals surface area contributed by atoms with Gasteiger partial charge in [0.05, 0.1) is 11.5 Å². The van der Waals surface area contributed by atoms with Gasteiger partial charge in [0.25, 0.3) is 0 Å². The van der Waals surface area contributed by atoms with E-state index >= 15 is 0 Å². The lowest BCUT2D eigenvalue weighted by Crippen LogP contribution is -2.49. The highest BCUT2D eigenvalue weighted by molar-refractivity contribution is 14.0. The average molecular weight is 486 g/mol. The predicted octanol–water partition coefficient (Wildman–Crippen LogP) is 0.981. The molecule has 25 heavy (non-hydrogen) atoms. The van der Waals surface area contributed by atoms with Crippen LogP contribution < -0.4 is 11.1 Å². The number of halogens is 1. The van der Waals surface area contributed by atoms with Crippen molar-refractivity contribution < 1.29 is 13.2 Å². The molecule has 2 rings (SSSR count). The molecule has 2 unspecified atom stereocenters. The Morgan fingerprint density at radius 1 is 1.32 bits per heavy atom. The van der Waals surface area contributed by atoms with Gasteiger partial charge in [0.15, 0.2) is 15.8 Å². The van der Waals surface area contributed by atoms with Crippen LogP contribution >= 0.6 is 24.0 Å². The molecule has 2 aliphatic heterocycles. The molecular formula is C16H31IN4O3S. The number of likely N-dealkylation sites (tertiary alicyclic amines) is 1. The highest BCUT2D eigenvalue weighted by Gasteiger charge is 2.28. The monoisotopic (exact) mass is 486 g/mol. The van der Waals surface area contributed by atoms with E-state index in [1.54, 1.807) is 0 Å². The van der Waals surface area contributed by atoms with Crippen molar-refractivity contribution in [3.63, 3.8) is 0 Å². The number of nitrogens with zero attached hydrogens (tertiary/aromatic N) is 2. The summed E-state index contributed by atoms with van der Waals surface area (Å²) in [7, 11) is -2.87. The van der Waals surface area contributed by atoms with E-state index < -0.39 is 9.84 Å². The molecule has 0 aliphatic carbocycles. The lowest BCUT2D eigenvalue weighted by atomic mass is 9.95. The minimum absolute atomic E-state index is 0. The zero-order valence-corrected chi connectivity index (χ0v) is 18.3. The van der Waals surface area contributed by atoms with Gasteiger partial charge in [0.2, 0.25) is 5.91 Å². The number of amides is 1. The van der Waals surface area contributed by atoms with E-state index in [1.165, 1.54) is 0 Å². The summed E-state index contributed by atoms with van der Waals surface area (Å²) >= 11 is 0. The van der Waals surface area contributed by atoms with Crippen molar-refractivity contribution in [2.24, 2.45) is 22.6 Å². The van der Waals surface area contributed by atoms with E-state index in [2.05, 4.69) is 24.1 Å². The average Bonchev–Trinajstić information content (AvgIpc) is 2.82. The van der Waals surface area contributed by atoms with Crippen molar-refractivity contribution in [1.29, 1.82) is 0 Å². The fourth-order valence-electron chi connectivity index (χ4n) is 3.44. The van der Waals surface area contributed by atoms with Crippen molar-refractivity contribution in [1.82, 2.24) is 10.2 Å². The minimum atomic E-state index is -2.87. The van der Waals surface area contributed by atoms with Gasteiger partial charge in [-0.15, -0.1) is 24.0 Å². The third-order valence-corrected chi connectivity index (χ3v) is 6.39. The molecule has 0 aromatic rings. The maximum atomic E-state index is 11.6. The zero-order chi connectivity index (χ0) is 17.7. The van der Waals surface area contributed by atoms with Gasteiger partial charge in [0, 0.05) is 32.1 Å². The van der Waals surface area contributed by atoms with Crippen LogP contribution in [-0.2, 0) is 14.6 Å². The first-order chi connectivity index (χ1) is 11.2. The number of aliphatic imine (C=N–C) groups is 1. The molecule has 0 aromatic heterocycles. The largest absolute Gasteiger partial charge is 0.370 e. The standard InChI is InChI=1S/C16H30N4O3S.HI/c1-12(2)19-16(18-9-14-5-7-24(22,23)11-14)20-6-3-4-13(10-20)8-15(17)21;/h12-14H,3-11H2,1-2H3,(H2,17,21)(H,18,19);1H. The SMILES string of the molecule is CC(C)NC(=NCC1CCS(=O)(=O)C1)N1CCCC(CC(N)=O)C1.I. The molecule has 2 aliphatic rings. The van der Waals surface area contributed by atoms with Gasteiger partial charge in [0.1, 0.15) is 0 Å². The molecule has 1 amide bonds. The number of hydrogen-bond acceptors (Lipinski definition) is 4. The van der Waals surface area contributed by atoms with E-state index in [-0.39, 0.29) is 59.3 Å². The molecule has 146 valence electrons. The first kappa shape index (κ1) is 22.5. The number of primary amides is 1. The van der Waals surface area contributed by atoms with Crippen molar-refractivity contribution in [2.45, 2.75) is 45.6 Å². The second-order valence-corrected chi connectivity index (χ2v) is 9.59. The molecular weight excluding hydrogens is 455 g/mol. The number of hydrogen-bond donors (Lipinski definition) is 2. The highest BCUT2D eigenvalue weighted by atomic mass is 127. The summed E-state index contributed by atoms with van der Waals surface area (Å²) in [6.45, 7) is 6.31. The molecule has 3 N–H and O–H groups in total. The van der Waals surface area contributed by atoms with Crippen LogP contribution in [0.3, 0.4) is 0 Å². The van der Waals surface area contributed by atoms with Crippen LogP contribution in [0, 0.1) is 11.8 Å². The fourth-order valence-corrected chi connectivity index (χ4v) is 5.28. The maximum absolute atomic E-state index is 11.6.